The van der Waals surface area contributed by atoms with E-state index in [2.05, 4.69) is 15.3 Å². The van der Waals surface area contributed by atoms with Crippen molar-refractivity contribution in [2.45, 2.75) is 63.6 Å². The maximum atomic E-state index is 13.6. The number of carbonyl (C=O) groups is 3. The average molecular weight is 549 g/mol. The Bertz CT molecular complexity index is 1290. The normalized spacial score (nSPS) is 17.5. The molecule has 0 spiro atoms. The second-order valence-electron chi connectivity index (χ2n) is 9.92. The SMILES string of the molecule is CC(N)=NCCC[C@H](NC(=O)[C@@H]1CCCCN1C(=O)[C@H](N)Cc1ccccc1)C(=O)c1nc2ccccc2s1. The number of aromatic nitrogens is 1. The van der Waals surface area contributed by atoms with Gasteiger partial charge < -0.3 is 21.7 Å². The molecule has 5 N–H and O–H groups in total. The van der Waals surface area contributed by atoms with Crippen LogP contribution in [0.1, 0.15) is 54.4 Å². The number of hydrogen-bond donors (Lipinski definition) is 3. The van der Waals surface area contributed by atoms with Crippen LogP contribution in [-0.2, 0) is 16.0 Å². The smallest absolute Gasteiger partial charge is 0.243 e. The van der Waals surface area contributed by atoms with Crippen LogP contribution in [0.5, 0.6) is 0 Å². The van der Waals surface area contributed by atoms with Crippen molar-refractivity contribution < 1.29 is 14.4 Å². The van der Waals surface area contributed by atoms with E-state index in [4.69, 9.17) is 11.5 Å². The van der Waals surface area contributed by atoms with Crippen LogP contribution in [0.25, 0.3) is 10.2 Å². The molecule has 3 aromatic rings. The summed E-state index contributed by atoms with van der Waals surface area (Å²) in [5.41, 5.74) is 13.7. The van der Waals surface area contributed by atoms with Gasteiger partial charge in [0.15, 0.2) is 5.01 Å². The van der Waals surface area contributed by atoms with Crippen LogP contribution in [0.2, 0.25) is 0 Å². The molecular formula is C29H36N6O3S. The first-order valence-electron chi connectivity index (χ1n) is 13.4. The molecule has 10 heteroatoms. The lowest BCUT2D eigenvalue weighted by Crippen LogP contribution is -2.58. The number of nitrogens with zero attached hydrogens (tertiary/aromatic N) is 3. The van der Waals surface area contributed by atoms with Gasteiger partial charge in [-0.25, -0.2) is 4.98 Å². The van der Waals surface area contributed by atoms with E-state index in [-0.39, 0.29) is 17.6 Å². The minimum Gasteiger partial charge on any atom is -0.388 e. The molecule has 1 aliphatic rings. The number of amidine groups is 1. The van der Waals surface area contributed by atoms with E-state index in [9.17, 15) is 14.4 Å². The first-order chi connectivity index (χ1) is 18.8. The van der Waals surface area contributed by atoms with E-state index in [0.29, 0.717) is 49.6 Å². The fourth-order valence-corrected chi connectivity index (χ4v) is 5.81. The lowest BCUT2D eigenvalue weighted by atomic mass is 9.97. The number of rotatable bonds is 11. The van der Waals surface area contributed by atoms with Crippen molar-refractivity contribution in [3.05, 3.63) is 65.2 Å². The second-order valence-corrected chi connectivity index (χ2v) is 10.9. The largest absolute Gasteiger partial charge is 0.388 e. The van der Waals surface area contributed by atoms with Gasteiger partial charge in [0.25, 0.3) is 0 Å². The van der Waals surface area contributed by atoms with Crippen molar-refractivity contribution in [1.82, 2.24) is 15.2 Å². The summed E-state index contributed by atoms with van der Waals surface area (Å²) in [5.74, 6) is -0.364. The van der Waals surface area contributed by atoms with Gasteiger partial charge in [-0.05, 0) is 63.1 Å². The maximum Gasteiger partial charge on any atom is 0.243 e. The highest BCUT2D eigenvalue weighted by Gasteiger charge is 2.36. The predicted molar refractivity (Wildman–Crippen MR) is 155 cm³/mol. The van der Waals surface area contributed by atoms with Crippen LogP contribution >= 0.6 is 11.3 Å². The van der Waals surface area contributed by atoms with E-state index in [1.165, 1.54) is 11.3 Å². The molecule has 1 fully saturated rings. The number of fused-ring (bicyclic) bond motifs is 1. The molecule has 2 amide bonds. The lowest BCUT2D eigenvalue weighted by Gasteiger charge is -2.37. The molecule has 2 heterocycles. The monoisotopic (exact) mass is 548 g/mol. The summed E-state index contributed by atoms with van der Waals surface area (Å²) in [6.45, 7) is 2.62. The summed E-state index contributed by atoms with van der Waals surface area (Å²) in [4.78, 5) is 50.8. The summed E-state index contributed by atoms with van der Waals surface area (Å²) in [6, 6.07) is 14.9. The molecule has 9 nitrogen and oxygen atoms in total. The summed E-state index contributed by atoms with van der Waals surface area (Å²) in [5, 5.41) is 3.30. The van der Waals surface area contributed by atoms with Crippen molar-refractivity contribution in [2.75, 3.05) is 13.1 Å². The van der Waals surface area contributed by atoms with Crippen LogP contribution < -0.4 is 16.8 Å². The van der Waals surface area contributed by atoms with Gasteiger partial charge in [0, 0.05) is 13.1 Å². The minimum atomic E-state index is -0.789. The van der Waals surface area contributed by atoms with Crippen molar-refractivity contribution >= 4 is 45.0 Å². The highest BCUT2D eigenvalue weighted by molar-refractivity contribution is 7.20. The number of ketones is 1. The molecule has 1 aromatic heterocycles. The lowest BCUT2D eigenvalue weighted by molar-refractivity contribution is -0.143. The molecule has 4 rings (SSSR count). The van der Waals surface area contributed by atoms with E-state index in [1.54, 1.807) is 11.8 Å². The molecule has 39 heavy (non-hydrogen) atoms. The van der Waals surface area contributed by atoms with Crippen molar-refractivity contribution in [3.63, 3.8) is 0 Å². The highest BCUT2D eigenvalue weighted by atomic mass is 32.1. The van der Waals surface area contributed by atoms with Gasteiger partial charge in [0.2, 0.25) is 17.6 Å². The average Bonchev–Trinajstić information content (AvgIpc) is 3.38. The Morgan fingerprint density at radius 3 is 2.62 bits per heavy atom. The molecule has 0 aliphatic carbocycles. The fourth-order valence-electron chi connectivity index (χ4n) is 4.85. The third-order valence-corrected chi connectivity index (χ3v) is 7.90. The van der Waals surface area contributed by atoms with Gasteiger partial charge >= 0.3 is 0 Å². The van der Waals surface area contributed by atoms with E-state index >= 15 is 0 Å². The summed E-state index contributed by atoms with van der Waals surface area (Å²) >= 11 is 1.31. The standard InChI is InChI=1S/C29H36N6O3S/c1-19(30)32-16-9-13-23(26(36)28-34-22-12-5-6-15-25(22)39-28)33-27(37)24-14-7-8-17-35(24)29(38)21(31)18-20-10-3-2-4-11-20/h2-6,10-12,15,21,23-24H,7-9,13-14,16-18,31H2,1H3,(H2,30,32)(H,33,37)/t21-,23+,24+/m1/s1. The molecule has 0 saturated carbocycles. The third-order valence-electron chi connectivity index (χ3n) is 6.85. The van der Waals surface area contributed by atoms with E-state index in [1.807, 2.05) is 54.6 Å². The van der Waals surface area contributed by atoms with Crippen LogP contribution in [-0.4, -0.2) is 64.5 Å². The summed E-state index contributed by atoms with van der Waals surface area (Å²) in [7, 11) is 0. The number of hydrogen-bond acceptors (Lipinski definition) is 7. The van der Waals surface area contributed by atoms with Gasteiger partial charge in [-0.3, -0.25) is 19.4 Å². The molecule has 0 unspecified atom stereocenters. The zero-order valence-corrected chi connectivity index (χ0v) is 23.0. The van der Waals surface area contributed by atoms with Gasteiger partial charge in [-0.2, -0.15) is 0 Å². The molecular weight excluding hydrogens is 512 g/mol. The topological polar surface area (TPSA) is 144 Å². The van der Waals surface area contributed by atoms with E-state index in [0.717, 1.165) is 28.6 Å². The Morgan fingerprint density at radius 1 is 1.13 bits per heavy atom. The van der Waals surface area contributed by atoms with Crippen molar-refractivity contribution in [3.8, 4) is 0 Å². The van der Waals surface area contributed by atoms with Gasteiger partial charge in [0.05, 0.1) is 28.1 Å². The fraction of sp³-hybridized carbons (Fsp3) is 0.414. The quantitative estimate of drug-likeness (QED) is 0.145. The number of amides is 2. The van der Waals surface area contributed by atoms with Crippen molar-refractivity contribution in [1.29, 1.82) is 0 Å². The molecule has 1 saturated heterocycles. The Kier molecular flexibility index (Phi) is 9.78. The minimum absolute atomic E-state index is 0.243. The third kappa shape index (κ3) is 7.48. The number of para-hydroxylation sites is 1. The molecule has 2 aromatic carbocycles. The van der Waals surface area contributed by atoms with Gasteiger partial charge in [-0.1, -0.05) is 42.5 Å². The molecule has 0 radical (unpaired) electrons. The van der Waals surface area contributed by atoms with Crippen molar-refractivity contribution in [2.24, 2.45) is 16.5 Å². The Morgan fingerprint density at radius 2 is 1.87 bits per heavy atom. The van der Waals surface area contributed by atoms with Gasteiger partial charge in [-0.15, -0.1) is 11.3 Å². The molecule has 1 aliphatic heterocycles. The zero-order valence-electron chi connectivity index (χ0n) is 22.2. The number of thiazole rings is 1. The molecule has 0 bridgehead atoms. The number of likely N-dealkylation sites (tertiary alicyclic amines) is 1. The van der Waals surface area contributed by atoms with Crippen LogP contribution in [0.4, 0.5) is 0 Å². The Labute approximate surface area is 232 Å². The number of nitrogens with one attached hydrogen (secondary N) is 1. The first-order valence-corrected chi connectivity index (χ1v) is 14.2. The Balaban J connectivity index is 1.49. The predicted octanol–water partition coefficient (Wildman–Crippen LogP) is 3.07. The highest BCUT2D eigenvalue weighted by Crippen LogP contribution is 2.24. The number of Topliss-reactive ketones (excluding diaryl/α,β-unsaturated/α-hetero) is 1. The number of nitrogens with two attached hydrogens (primary N) is 2. The number of benzene rings is 2. The van der Waals surface area contributed by atoms with Crippen LogP contribution in [0.3, 0.4) is 0 Å². The summed E-state index contributed by atoms with van der Waals surface area (Å²) < 4.78 is 0.908. The number of aliphatic imine (C=N–C) groups is 1. The van der Waals surface area contributed by atoms with Gasteiger partial charge in [0.1, 0.15) is 6.04 Å². The van der Waals surface area contributed by atoms with Crippen LogP contribution in [0.15, 0.2) is 59.6 Å². The van der Waals surface area contributed by atoms with Crippen LogP contribution in [0, 0.1) is 0 Å². The maximum absolute atomic E-state index is 13.6. The Hall–Kier alpha value is -3.63. The zero-order chi connectivity index (χ0) is 27.8. The summed E-state index contributed by atoms with van der Waals surface area (Å²) in [6.07, 6.45) is 3.48. The molecule has 206 valence electrons. The molecule has 3 atom stereocenters. The first kappa shape index (κ1) is 28.4. The number of piperidine rings is 1. The number of carbonyl (C=O) groups excluding carboxylic acids is 3. The van der Waals surface area contributed by atoms with E-state index < -0.39 is 18.1 Å². The second kappa shape index (κ2) is 13.4.